The van der Waals surface area contributed by atoms with Crippen LogP contribution in [0.4, 0.5) is 0 Å². The zero-order valence-corrected chi connectivity index (χ0v) is 17.3. The fourth-order valence-electron chi connectivity index (χ4n) is 3.26. The highest BCUT2D eigenvalue weighted by molar-refractivity contribution is 6.02. The number of aromatic nitrogens is 3. The summed E-state index contributed by atoms with van der Waals surface area (Å²) in [6.07, 6.45) is 3.34. The molecule has 31 heavy (non-hydrogen) atoms. The third-order valence-corrected chi connectivity index (χ3v) is 5.11. The van der Waals surface area contributed by atoms with Gasteiger partial charge in [0.1, 0.15) is 11.4 Å². The van der Waals surface area contributed by atoms with Crippen molar-refractivity contribution < 1.29 is 9.59 Å². The largest absolute Gasteiger partial charge is 0.357 e. The molecule has 4 rings (SSSR count). The van der Waals surface area contributed by atoms with Gasteiger partial charge in [0.05, 0.1) is 12.1 Å². The Hall–Kier alpha value is -4.13. The summed E-state index contributed by atoms with van der Waals surface area (Å²) >= 11 is 0. The average molecular weight is 413 g/mol. The van der Waals surface area contributed by atoms with E-state index in [1.165, 1.54) is 0 Å². The van der Waals surface area contributed by atoms with Gasteiger partial charge in [-0.05, 0) is 48.7 Å². The van der Waals surface area contributed by atoms with E-state index in [1.807, 2.05) is 62.4 Å². The third kappa shape index (κ3) is 4.56. The van der Waals surface area contributed by atoms with Gasteiger partial charge in [-0.2, -0.15) is 5.10 Å². The predicted octanol–water partition coefficient (Wildman–Crippen LogP) is 3.62. The maximum Gasteiger partial charge on any atom is 0.286 e. The fraction of sp³-hybridized carbons (Fsp3) is 0.125. The Balaban J connectivity index is 1.62. The van der Waals surface area contributed by atoms with Crippen LogP contribution in [0, 0.1) is 13.8 Å². The van der Waals surface area contributed by atoms with Gasteiger partial charge < -0.3 is 4.98 Å². The molecule has 3 N–H and O–H groups in total. The number of aryl methyl sites for hydroxylation is 2. The van der Waals surface area contributed by atoms with E-state index in [4.69, 9.17) is 0 Å². The second-order valence-electron chi connectivity index (χ2n) is 7.37. The van der Waals surface area contributed by atoms with Crippen molar-refractivity contribution in [3.8, 4) is 11.3 Å². The first kappa shape index (κ1) is 20.2. The lowest BCUT2D eigenvalue weighted by Gasteiger charge is -2.07. The van der Waals surface area contributed by atoms with Crippen LogP contribution in [0.2, 0.25) is 0 Å². The molecule has 0 radical (unpaired) electrons. The summed E-state index contributed by atoms with van der Waals surface area (Å²) in [7, 11) is 0. The molecule has 0 spiro atoms. The number of hydrogen-bond donors (Lipinski definition) is 3. The van der Waals surface area contributed by atoms with Crippen LogP contribution in [0.25, 0.3) is 11.3 Å². The monoisotopic (exact) mass is 413 g/mol. The highest BCUT2D eigenvalue weighted by Gasteiger charge is 2.19. The van der Waals surface area contributed by atoms with Crippen LogP contribution in [-0.4, -0.2) is 26.6 Å². The molecular formula is C24H23N5O2. The Labute approximate surface area is 180 Å². The topological polar surface area (TPSA) is 91.8 Å². The number of benzene rings is 2. The number of aromatic amines is 1. The lowest BCUT2D eigenvalue weighted by molar-refractivity contribution is 0.0844. The summed E-state index contributed by atoms with van der Waals surface area (Å²) < 4.78 is 1.74. The molecule has 7 heteroatoms. The van der Waals surface area contributed by atoms with E-state index in [0.29, 0.717) is 23.5 Å². The van der Waals surface area contributed by atoms with Crippen molar-refractivity contribution in [1.29, 1.82) is 0 Å². The number of carbonyl (C=O) groups is 2. The van der Waals surface area contributed by atoms with Crippen LogP contribution in [0.3, 0.4) is 0 Å². The standard InChI is InChI=1S/C24H23N5O2/c1-16-10-11-19(13-17(16)2)22-20(15-29(28-22)14-18-7-4-3-5-8-18)23(30)26-27-24(31)21-9-6-12-25-21/h3-13,15,25H,14H2,1-2H3,(H,26,30)(H,27,31). The van der Waals surface area contributed by atoms with Crippen LogP contribution in [0.5, 0.6) is 0 Å². The number of H-pyrrole nitrogens is 1. The molecule has 0 unspecified atom stereocenters. The predicted molar refractivity (Wildman–Crippen MR) is 118 cm³/mol. The van der Waals surface area contributed by atoms with E-state index in [0.717, 1.165) is 22.3 Å². The minimum Gasteiger partial charge on any atom is -0.357 e. The molecule has 0 aliphatic heterocycles. The van der Waals surface area contributed by atoms with E-state index in [9.17, 15) is 9.59 Å². The van der Waals surface area contributed by atoms with Crippen molar-refractivity contribution in [1.82, 2.24) is 25.6 Å². The second kappa shape index (κ2) is 8.71. The summed E-state index contributed by atoms with van der Waals surface area (Å²) in [5, 5.41) is 4.68. The summed E-state index contributed by atoms with van der Waals surface area (Å²) in [4.78, 5) is 27.9. The van der Waals surface area contributed by atoms with Gasteiger partial charge in [-0.15, -0.1) is 0 Å². The van der Waals surface area contributed by atoms with Gasteiger partial charge in [-0.25, -0.2) is 0 Å². The highest BCUT2D eigenvalue weighted by atomic mass is 16.2. The molecule has 0 fully saturated rings. The quantitative estimate of drug-likeness (QED) is 0.437. The molecule has 2 amide bonds. The summed E-state index contributed by atoms with van der Waals surface area (Å²) in [6.45, 7) is 4.59. The number of carbonyl (C=O) groups excluding carboxylic acids is 2. The Morgan fingerprint density at radius 1 is 0.935 bits per heavy atom. The summed E-state index contributed by atoms with van der Waals surface area (Å²) in [6, 6.07) is 19.2. The Kier molecular flexibility index (Phi) is 5.66. The molecule has 0 aliphatic rings. The molecule has 0 aliphatic carbocycles. The van der Waals surface area contributed by atoms with E-state index in [-0.39, 0.29) is 0 Å². The third-order valence-electron chi connectivity index (χ3n) is 5.11. The number of nitrogens with zero attached hydrogens (tertiary/aromatic N) is 2. The van der Waals surface area contributed by atoms with Gasteiger partial charge in [-0.1, -0.05) is 42.5 Å². The zero-order valence-electron chi connectivity index (χ0n) is 17.3. The van der Waals surface area contributed by atoms with Crippen molar-refractivity contribution in [2.75, 3.05) is 0 Å². The van der Waals surface area contributed by atoms with Crippen LogP contribution in [-0.2, 0) is 6.54 Å². The number of amides is 2. The summed E-state index contributed by atoms with van der Waals surface area (Å²) in [5.74, 6) is -0.866. The molecule has 2 aromatic carbocycles. The fourth-order valence-corrected chi connectivity index (χ4v) is 3.26. The molecular weight excluding hydrogens is 390 g/mol. The van der Waals surface area contributed by atoms with Crippen molar-refractivity contribution in [3.05, 3.63) is 101 Å². The van der Waals surface area contributed by atoms with E-state index < -0.39 is 11.8 Å². The molecule has 0 atom stereocenters. The average Bonchev–Trinajstić information content (AvgIpc) is 3.45. The number of nitrogens with one attached hydrogen (secondary N) is 3. The normalized spacial score (nSPS) is 10.6. The minimum absolute atomic E-state index is 0.356. The van der Waals surface area contributed by atoms with Gasteiger partial charge in [-0.3, -0.25) is 25.1 Å². The number of rotatable bonds is 5. The van der Waals surface area contributed by atoms with Gasteiger partial charge >= 0.3 is 0 Å². The summed E-state index contributed by atoms with van der Waals surface area (Å²) in [5.41, 5.74) is 10.4. The van der Waals surface area contributed by atoms with Crippen molar-refractivity contribution in [2.45, 2.75) is 20.4 Å². The molecule has 0 bridgehead atoms. The van der Waals surface area contributed by atoms with Gasteiger partial charge in [0.2, 0.25) is 0 Å². The lowest BCUT2D eigenvalue weighted by atomic mass is 10.0. The molecule has 2 aromatic heterocycles. The maximum atomic E-state index is 12.9. The Morgan fingerprint density at radius 3 is 2.42 bits per heavy atom. The smallest absolute Gasteiger partial charge is 0.286 e. The number of hydrogen-bond acceptors (Lipinski definition) is 3. The molecule has 0 saturated carbocycles. The maximum absolute atomic E-state index is 12.9. The SMILES string of the molecule is Cc1ccc(-c2nn(Cc3ccccc3)cc2C(=O)NNC(=O)c2ccc[nH]2)cc1C. The second-order valence-corrected chi connectivity index (χ2v) is 7.37. The Morgan fingerprint density at radius 2 is 1.71 bits per heavy atom. The van der Waals surface area contributed by atoms with E-state index >= 15 is 0 Å². The highest BCUT2D eigenvalue weighted by Crippen LogP contribution is 2.25. The zero-order chi connectivity index (χ0) is 21.8. The number of hydrazine groups is 1. The van der Waals surface area contributed by atoms with Crippen molar-refractivity contribution in [2.24, 2.45) is 0 Å². The van der Waals surface area contributed by atoms with Crippen LogP contribution in [0.15, 0.2) is 73.1 Å². The molecule has 2 heterocycles. The minimum atomic E-state index is -0.438. The van der Waals surface area contributed by atoms with Gasteiger partial charge in [0.25, 0.3) is 11.8 Å². The van der Waals surface area contributed by atoms with Gasteiger partial charge in [0.15, 0.2) is 0 Å². The first-order valence-corrected chi connectivity index (χ1v) is 9.94. The van der Waals surface area contributed by atoms with Gasteiger partial charge in [0, 0.05) is 18.0 Å². The molecule has 7 nitrogen and oxygen atoms in total. The van der Waals surface area contributed by atoms with Crippen LogP contribution >= 0.6 is 0 Å². The first-order chi connectivity index (χ1) is 15.0. The van der Waals surface area contributed by atoms with Crippen LogP contribution < -0.4 is 10.9 Å². The first-order valence-electron chi connectivity index (χ1n) is 9.94. The van der Waals surface area contributed by atoms with Crippen molar-refractivity contribution >= 4 is 11.8 Å². The van der Waals surface area contributed by atoms with Crippen LogP contribution in [0.1, 0.15) is 37.5 Å². The Bertz CT molecular complexity index is 1210. The van der Waals surface area contributed by atoms with E-state index in [1.54, 1.807) is 29.2 Å². The molecule has 156 valence electrons. The van der Waals surface area contributed by atoms with E-state index in [2.05, 4.69) is 20.9 Å². The lowest BCUT2D eigenvalue weighted by Crippen LogP contribution is -2.41. The molecule has 0 saturated heterocycles. The van der Waals surface area contributed by atoms with Crippen molar-refractivity contribution in [3.63, 3.8) is 0 Å². The molecule has 4 aromatic rings.